The number of rotatable bonds is 5. The van der Waals surface area contributed by atoms with E-state index in [1.807, 2.05) is 6.20 Å². The molecule has 0 aromatic carbocycles. The lowest BCUT2D eigenvalue weighted by molar-refractivity contribution is 0.206. The van der Waals surface area contributed by atoms with Gasteiger partial charge in [0.25, 0.3) is 0 Å². The highest BCUT2D eigenvalue weighted by Gasteiger charge is 2.30. The van der Waals surface area contributed by atoms with Crippen molar-refractivity contribution in [3.63, 3.8) is 0 Å². The normalized spacial score (nSPS) is 18.7. The SMILES string of the molecule is CCc1cc([C@H]2CCCN2Cc2cn[nH]c2-c2cccs2)on1. The van der Waals surface area contributed by atoms with Gasteiger partial charge in [-0.3, -0.25) is 10.00 Å². The molecule has 3 aromatic rings. The summed E-state index contributed by atoms with van der Waals surface area (Å²) in [5, 5.41) is 13.6. The molecule has 0 saturated carbocycles. The standard InChI is InChI=1S/C17H20N4OS/c1-2-13-9-15(22-20-13)14-5-3-7-21(14)11-12-10-18-19-17(12)16-6-4-8-23-16/h4,6,8-10,14H,2-3,5,7,11H2,1H3,(H,18,19)/t14-/m1/s1. The number of aromatic amines is 1. The highest BCUT2D eigenvalue weighted by Crippen LogP contribution is 2.35. The van der Waals surface area contributed by atoms with Gasteiger partial charge in [0.15, 0.2) is 5.76 Å². The highest BCUT2D eigenvalue weighted by atomic mass is 32.1. The molecule has 0 bridgehead atoms. The zero-order valence-electron chi connectivity index (χ0n) is 13.2. The molecular formula is C17H20N4OS. The molecule has 0 radical (unpaired) electrons. The van der Waals surface area contributed by atoms with Crippen LogP contribution in [0.1, 0.15) is 42.8 Å². The topological polar surface area (TPSA) is 58.0 Å². The van der Waals surface area contributed by atoms with Crippen LogP contribution < -0.4 is 0 Å². The van der Waals surface area contributed by atoms with E-state index < -0.39 is 0 Å². The van der Waals surface area contributed by atoms with Crippen LogP contribution in [0.4, 0.5) is 0 Å². The number of thiophene rings is 1. The number of hydrogen-bond donors (Lipinski definition) is 1. The predicted molar refractivity (Wildman–Crippen MR) is 90.2 cm³/mol. The molecule has 4 rings (SSSR count). The summed E-state index contributed by atoms with van der Waals surface area (Å²) in [7, 11) is 0. The van der Waals surface area contributed by atoms with Gasteiger partial charge in [0.2, 0.25) is 0 Å². The van der Waals surface area contributed by atoms with Crippen LogP contribution in [0.5, 0.6) is 0 Å². The molecule has 1 saturated heterocycles. The van der Waals surface area contributed by atoms with E-state index in [1.165, 1.54) is 16.9 Å². The minimum Gasteiger partial charge on any atom is -0.359 e. The number of aromatic nitrogens is 3. The Kier molecular flexibility index (Phi) is 4.01. The summed E-state index contributed by atoms with van der Waals surface area (Å²) in [4.78, 5) is 3.71. The van der Waals surface area contributed by atoms with Crippen molar-refractivity contribution in [2.75, 3.05) is 6.54 Å². The molecule has 0 aliphatic carbocycles. The van der Waals surface area contributed by atoms with Crippen molar-refractivity contribution in [1.29, 1.82) is 0 Å². The third-order valence-corrected chi connectivity index (χ3v) is 5.38. The molecule has 1 aliphatic rings. The Morgan fingerprint density at radius 1 is 1.48 bits per heavy atom. The fourth-order valence-corrected chi connectivity index (χ4v) is 4.03. The van der Waals surface area contributed by atoms with Crippen LogP contribution in [0.3, 0.4) is 0 Å². The zero-order valence-corrected chi connectivity index (χ0v) is 14.0. The second-order valence-corrected chi connectivity index (χ2v) is 6.90. The van der Waals surface area contributed by atoms with E-state index in [2.05, 4.69) is 50.8 Å². The Hall–Kier alpha value is -1.92. The van der Waals surface area contributed by atoms with Gasteiger partial charge in [-0.15, -0.1) is 11.3 Å². The Balaban J connectivity index is 1.55. The Morgan fingerprint density at radius 2 is 2.43 bits per heavy atom. The maximum Gasteiger partial charge on any atom is 0.154 e. The summed E-state index contributed by atoms with van der Waals surface area (Å²) in [6.07, 6.45) is 5.19. The fourth-order valence-electron chi connectivity index (χ4n) is 3.27. The van der Waals surface area contributed by atoms with E-state index in [0.29, 0.717) is 6.04 Å². The monoisotopic (exact) mass is 328 g/mol. The van der Waals surface area contributed by atoms with Crippen molar-refractivity contribution in [3.05, 3.63) is 46.8 Å². The van der Waals surface area contributed by atoms with Crippen LogP contribution in [0, 0.1) is 0 Å². The van der Waals surface area contributed by atoms with Crippen molar-refractivity contribution in [2.24, 2.45) is 0 Å². The van der Waals surface area contributed by atoms with Crippen LogP contribution in [-0.2, 0) is 13.0 Å². The number of hydrogen-bond acceptors (Lipinski definition) is 5. The summed E-state index contributed by atoms with van der Waals surface area (Å²) in [6, 6.07) is 6.64. The van der Waals surface area contributed by atoms with E-state index in [0.717, 1.165) is 43.1 Å². The molecule has 23 heavy (non-hydrogen) atoms. The third-order valence-electron chi connectivity index (χ3n) is 4.49. The summed E-state index contributed by atoms with van der Waals surface area (Å²) in [5.74, 6) is 1.00. The number of nitrogens with one attached hydrogen (secondary N) is 1. The van der Waals surface area contributed by atoms with E-state index >= 15 is 0 Å². The van der Waals surface area contributed by atoms with Gasteiger partial charge in [-0.2, -0.15) is 5.10 Å². The van der Waals surface area contributed by atoms with E-state index in [-0.39, 0.29) is 0 Å². The second kappa shape index (κ2) is 6.29. The van der Waals surface area contributed by atoms with E-state index in [1.54, 1.807) is 11.3 Å². The number of aryl methyl sites for hydroxylation is 1. The van der Waals surface area contributed by atoms with Gasteiger partial charge in [0.1, 0.15) is 0 Å². The molecular weight excluding hydrogens is 308 g/mol. The van der Waals surface area contributed by atoms with Gasteiger partial charge in [0, 0.05) is 18.2 Å². The van der Waals surface area contributed by atoms with Crippen molar-refractivity contribution >= 4 is 11.3 Å². The fraction of sp³-hybridized carbons (Fsp3) is 0.412. The van der Waals surface area contributed by atoms with Crippen LogP contribution >= 0.6 is 11.3 Å². The van der Waals surface area contributed by atoms with Gasteiger partial charge in [-0.05, 0) is 37.3 Å². The maximum absolute atomic E-state index is 5.58. The largest absolute Gasteiger partial charge is 0.359 e. The lowest BCUT2D eigenvalue weighted by Gasteiger charge is -2.22. The van der Waals surface area contributed by atoms with Crippen molar-refractivity contribution in [3.8, 4) is 10.6 Å². The van der Waals surface area contributed by atoms with E-state index in [9.17, 15) is 0 Å². The summed E-state index contributed by atoms with van der Waals surface area (Å²) < 4.78 is 5.58. The first-order chi connectivity index (χ1) is 11.3. The molecule has 3 aromatic heterocycles. The summed E-state index contributed by atoms with van der Waals surface area (Å²) in [6.45, 7) is 4.07. The lowest BCUT2D eigenvalue weighted by atomic mass is 10.1. The second-order valence-electron chi connectivity index (χ2n) is 5.95. The lowest BCUT2D eigenvalue weighted by Crippen LogP contribution is -2.22. The number of nitrogens with zero attached hydrogens (tertiary/aromatic N) is 3. The van der Waals surface area contributed by atoms with Crippen LogP contribution in [0.15, 0.2) is 34.3 Å². The molecule has 1 N–H and O–H groups in total. The molecule has 0 amide bonds. The molecule has 0 spiro atoms. The average molecular weight is 328 g/mol. The first kappa shape index (κ1) is 14.7. The Morgan fingerprint density at radius 3 is 3.22 bits per heavy atom. The van der Waals surface area contributed by atoms with Crippen molar-refractivity contribution < 1.29 is 4.52 Å². The van der Waals surface area contributed by atoms with Crippen LogP contribution in [0.25, 0.3) is 10.6 Å². The van der Waals surface area contributed by atoms with Gasteiger partial charge in [0.05, 0.1) is 28.5 Å². The summed E-state index contributed by atoms with van der Waals surface area (Å²) in [5.41, 5.74) is 3.42. The Labute approximate surface area is 139 Å². The first-order valence-electron chi connectivity index (χ1n) is 8.11. The van der Waals surface area contributed by atoms with Crippen LogP contribution in [-0.4, -0.2) is 26.8 Å². The minimum atomic E-state index is 0.328. The molecule has 1 fully saturated rings. The molecule has 120 valence electrons. The molecule has 4 heterocycles. The van der Waals surface area contributed by atoms with E-state index in [4.69, 9.17) is 4.52 Å². The number of likely N-dealkylation sites (tertiary alicyclic amines) is 1. The zero-order chi connectivity index (χ0) is 15.6. The van der Waals surface area contributed by atoms with Gasteiger partial charge < -0.3 is 4.52 Å². The Bertz CT molecular complexity index is 761. The smallest absolute Gasteiger partial charge is 0.154 e. The van der Waals surface area contributed by atoms with Gasteiger partial charge in [-0.25, -0.2) is 0 Å². The maximum atomic E-state index is 5.58. The summed E-state index contributed by atoms with van der Waals surface area (Å²) >= 11 is 1.74. The van der Waals surface area contributed by atoms with Crippen LogP contribution in [0.2, 0.25) is 0 Å². The molecule has 1 aliphatic heterocycles. The van der Waals surface area contributed by atoms with Crippen molar-refractivity contribution in [2.45, 2.75) is 38.8 Å². The molecule has 5 nitrogen and oxygen atoms in total. The molecule has 0 unspecified atom stereocenters. The predicted octanol–water partition coefficient (Wildman–Crippen LogP) is 4.03. The minimum absolute atomic E-state index is 0.328. The highest BCUT2D eigenvalue weighted by molar-refractivity contribution is 7.13. The number of H-pyrrole nitrogens is 1. The first-order valence-corrected chi connectivity index (χ1v) is 8.98. The average Bonchev–Trinajstić information content (AvgIpc) is 3.34. The quantitative estimate of drug-likeness (QED) is 0.768. The van der Waals surface area contributed by atoms with Crippen molar-refractivity contribution in [1.82, 2.24) is 20.3 Å². The third kappa shape index (κ3) is 2.84. The molecule has 6 heteroatoms. The molecule has 1 atom stereocenters. The van der Waals surface area contributed by atoms with Gasteiger partial charge in [-0.1, -0.05) is 18.1 Å². The van der Waals surface area contributed by atoms with Gasteiger partial charge >= 0.3 is 0 Å².